The minimum atomic E-state index is -0.403. The van der Waals surface area contributed by atoms with Crippen LogP contribution in [0.4, 0.5) is 10.1 Å². The van der Waals surface area contributed by atoms with Crippen molar-refractivity contribution in [2.45, 2.75) is 0 Å². The lowest BCUT2D eigenvalue weighted by Gasteiger charge is -2.11. The van der Waals surface area contributed by atoms with Gasteiger partial charge in [-0.15, -0.1) is 0 Å². The highest BCUT2D eigenvalue weighted by Gasteiger charge is 2.13. The fraction of sp³-hybridized carbons (Fsp3) is 0.111. The van der Waals surface area contributed by atoms with E-state index in [1.165, 1.54) is 17.0 Å². The lowest BCUT2D eigenvalue weighted by molar-refractivity contribution is 0.0827. The van der Waals surface area contributed by atoms with Crippen LogP contribution in [0.1, 0.15) is 20.8 Å². The minimum Gasteiger partial charge on any atom is -0.350 e. The average molecular weight is 325 g/mol. The quantitative estimate of drug-likeness (QED) is 0.776. The van der Waals surface area contributed by atoms with Crippen molar-refractivity contribution in [1.29, 1.82) is 0 Å². The highest BCUT2D eigenvalue weighted by atomic mass is 19.1. The van der Waals surface area contributed by atoms with Crippen LogP contribution < -0.4 is 5.32 Å². The van der Waals surface area contributed by atoms with Crippen LogP contribution in [0.5, 0.6) is 0 Å². The number of H-pyrrole nitrogens is 1. The van der Waals surface area contributed by atoms with Crippen LogP contribution in [0.2, 0.25) is 0 Å². The first-order valence-electron chi connectivity index (χ1n) is 7.36. The van der Waals surface area contributed by atoms with Crippen molar-refractivity contribution in [2.24, 2.45) is 0 Å². The van der Waals surface area contributed by atoms with Crippen molar-refractivity contribution in [2.75, 3.05) is 19.4 Å². The molecule has 5 nitrogen and oxygen atoms in total. The number of halogens is 1. The van der Waals surface area contributed by atoms with E-state index in [2.05, 4.69) is 10.3 Å². The first kappa shape index (κ1) is 15.7. The molecular formula is C18H16FN3O2. The van der Waals surface area contributed by atoms with Gasteiger partial charge in [-0.1, -0.05) is 12.1 Å². The van der Waals surface area contributed by atoms with Crippen molar-refractivity contribution < 1.29 is 14.0 Å². The number of aromatic amines is 1. The van der Waals surface area contributed by atoms with Gasteiger partial charge in [0.25, 0.3) is 11.8 Å². The first-order chi connectivity index (χ1) is 11.5. The van der Waals surface area contributed by atoms with Gasteiger partial charge in [-0.25, -0.2) is 4.39 Å². The molecular weight excluding hydrogens is 309 g/mol. The van der Waals surface area contributed by atoms with Crippen molar-refractivity contribution in [3.63, 3.8) is 0 Å². The Bertz CT molecular complexity index is 931. The summed E-state index contributed by atoms with van der Waals surface area (Å²) < 4.78 is 13.7. The predicted octanol–water partition coefficient (Wildman–Crippen LogP) is 3.26. The Hall–Kier alpha value is -3.15. The molecule has 0 atom stereocenters. The predicted molar refractivity (Wildman–Crippen MR) is 90.7 cm³/mol. The molecule has 0 saturated carbocycles. The standard InChI is InChI=1S/C18H16FN3O2/c1-22(2)18(24)11-5-3-6-12(9-11)20-17(23)16-10-13-14(19)7-4-8-15(13)21-16/h3-10,21H,1-2H3,(H,20,23). The van der Waals surface area contributed by atoms with Crippen LogP contribution in [0, 0.1) is 5.82 Å². The van der Waals surface area contributed by atoms with Gasteiger partial charge in [0, 0.05) is 36.2 Å². The summed E-state index contributed by atoms with van der Waals surface area (Å²) in [6.07, 6.45) is 0. The molecule has 122 valence electrons. The third-order valence-corrected chi connectivity index (χ3v) is 3.63. The van der Waals surface area contributed by atoms with E-state index in [1.54, 1.807) is 50.5 Å². The van der Waals surface area contributed by atoms with Gasteiger partial charge in [0.15, 0.2) is 0 Å². The summed E-state index contributed by atoms with van der Waals surface area (Å²) in [5.74, 6) is -0.944. The van der Waals surface area contributed by atoms with E-state index in [4.69, 9.17) is 0 Å². The molecule has 0 aliphatic heterocycles. The maximum atomic E-state index is 13.7. The molecule has 0 aliphatic rings. The second-order valence-electron chi connectivity index (χ2n) is 5.62. The zero-order chi connectivity index (χ0) is 17.3. The summed E-state index contributed by atoms with van der Waals surface area (Å²) in [6, 6.07) is 12.7. The van der Waals surface area contributed by atoms with Crippen LogP contribution >= 0.6 is 0 Å². The average Bonchev–Trinajstić information content (AvgIpc) is 3.00. The van der Waals surface area contributed by atoms with Crippen molar-refractivity contribution in [1.82, 2.24) is 9.88 Å². The van der Waals surface area contributed by atoms with E-state index in [9.17, 15) is 14.0 Å². The summed E-state index contributed by atoms with van der Waals surface area (Å²) in [6.45, 7) is 0. The number of hydrogen-bond acceptors (Lipinski definition) is 2. The number of nitrogens with zero attached hydrogens (tertiary/aromatic N) is 1. The van der Waals surface area contributed by atoms with Gasteiger partial charge in [-0.3, -0.25) is 9.59 Å². The molecule has 0 aliphatic carbocycles. The van der Waals surface area contributed by atoms with Gasteiger partial charge in [0.05, 0.1) is 0 Å². The number of carbonyl (C=O) groups excluding carboxylic acids is 2. The molecule has 3 rings (SSSR count). The second kappa shape index (κ2) is 6.16. The third-order valence-electron chi connectivity index (χ3n) is 3.63. The van der Waals surface area contributed by atoms with Crippen molar-refractivity contribution >= 4 is 28.4 Å². The Morgan fingerprint density at radius 3 is 2.54 bits per heavy atom. The van der Waals surface area contributed by atoms with Crippen LogP contribution in [-0.4, -0.2) is 35.8 Å². The van der Waals surface area contributed by atoms with Crippen molar-refractivity contribution in [3.8, 4) is 0 Å². The lowest BCUT2D eigenvalue weighted by Crippen LogP contribution is -2.22. The largest absolute Gasteiger partial charge is 0.350 e. The summed E-state index contributed by atoms with van der Waals surface area (Å²) in [4.78, 5) is 28.7. The van der Waals surface area contributed by atoms with E-state index >= 15 is 0 Å². The Balaban J connectivity index is 1.85. The highest BCUT2D eigenvalue weighted by Crippen LogP contribution is 2.20. The Morgan fingerprint density at radius 1 is 1.08 bits per heavy atom. The van der Waals surface area contributed by atoms with Gasteiger partial charge in [-0.2, -0.15) is 0 Å². The maximum Gasteiger partial charge on any atom is 0.272 e. The molecule has 2 aromatic carbocycles. The summed E-state index contributed by atoms with van der Waals surface area (Å²) >= 11 is 0. The molecule has 6 heteroatoms. The molecule has 0 radical (unpaired) electrons. The number of amides is 2. The Kier molecular flexibility index (Phi) is 4.04. The van der Waals surface area contributed by atoms with Gasteiger partial charge in [-0.05, 0) is 36.4 Å². The van der Waals surface area contributed by atoms with Gasteiger partial charge >= 0.3 is 0 Å². The normalized spacial score (nSPS) is 10.6. The summed E-state index contributed by atoms with van der Waals surface area (Å²) in [5, 5.41) is 3.07. The van der Waals surface area contributed by atoms with Crippen LogP contribution in [0.15, 0.2) is 48.5 Å². The van der Waals surface area contributed by atoms with Crippen LogP contribution in [-0.2, 0) is 0 Å². The molecule has 24 heavy (non-hydrogen) atoms. The molecule has 1 heterocycles. The molecule has 0 bridgehead atoms. The second-order valence-corrected chi connectivity index (χ2v) is 5.62. The molecule has 0 spiro atoms. The number of benzene rings is 2. The zero-order valence-electron chi connectivity index (χ0n) is 13.3. The maximum absolute atomic E-state index is 13.7. The fourth-order valence-electron chi connectivity index (χ4n) is 2.43. The zero-order valence-corrected chi connectivity index (χ0v) is 13.3. The number of hydrogen-bond donors (Lipinski definition) is 2. The molecule has 1 aromatic heterocycles. The van der Waals surface area contributed by atoms with Gasteiger partial charge in [0.2, 0.25) is 0 Å². The topological polar surface area (TPSA) is 65.2 Å². The number of nitrogens with one attached hydrogen (secondary N) is 2. The number of carbonyl (C=O) groups is 2. The fourth-order valence-corrected chi connectivity index (χ4v) is 2.43. The molecule has 0 saturated heterocycles. The monoisotopic (exact) mass is 325 g/mol. The Labute approximate surface area is 138 Å². The number of fused-ring (bicyclic) bond motifs is 1. The first-order valence-corrected chi connectivity index (χ1v) is 7.36. The van der Waals surface area contributed by atoms with Crippen molar-refractivity contribution in [3.05, 3.63) is 65.6 Å². The third kappa shape index (κ3) is 2.99. The highest BCUT2D eigenvalue weighted by molar-refractivity contribution is 6.06. The van der Waals surface area contributed by atoms with Gasteiger partial charge < -0.3 is 15.2 Å². The summed E-state index contributed by atoms with van der Waals surface area (Å²) in [5.41, 5.74) is 1.77. The van der Waals surface area contributed by atoms with Gasteiger partial charge in [0.1, 0.15) is 11.5 Å². The molecule has 2 N–H and O–H groups in total. The van der Waals surface area contributed by atoms with E-state index < -0.39 is 5.91 Å². The Morgan fingerprint density at radius 2 is 1.83 bits per heavy atom. The number of aromatic nitrogens is 1. The van der Waals surface area contributed by atoms with E-state index in [0.717, 1.165) is 0 Å². The van der Waals surface area contributed by atoms with E-state index in [-0.39, 0.29) is 17.4 Å². The summed E-state index contributed by atoms with van der Waals surface area (Å²) in [7, 11) is 3.32. The van der Waals surface area contributed by atoms with Crippen LogP contribution in [0.25, 0.3) is 10.9 Å². The smallest absolute Gasteiger partial charge is 0.272 e. The van der Waals surface area contributed by atoms with E-state index in [0.29, 0.717) is 22.2 Å². The SMILES string of the molecule is CN(C)C(=O)c1cccc(NC(=O)c2cc3c(F)cccc3[nH]2)c1. The van der Waals surface area contributed by atoms with E-state index in [1.807, 2.05) is 0 Å². The van der Waals surface area contributed by atoms with Crippen LogP contribution in [0.3, 0.4) is 0 Å². The molecule has 3 aromatic rings. The number of anilines is 1. The molecule has 0 unspecified atom stereocenters. The minimum absolute atomic E-state index is 0.154. The molecule has 2 amide bonds. The number of rotatable bonds is 3. The molecule has 0 fully saturated rings. The lowest BCUT2D eigenvalue weighted by atomic mass is 10.2.